The normalized spacial score (nSPS) is 21.8. The first kappa shape index (κ1) is 20.1. The van der Waals surface area contributed by atoms with Crippen LogP contribution >= 0.6 is 0 Å². The summed E-state index contributed by atoms with van der Waals surface area (Å²) >= 11 is 0. The number of hydrogen-bond donors (Lipinski definition) is 2. The van der Waals surface area contributed by atoms with E-state index in [-0.39, 0.29) is 6.10 Å². The monoisotopic (exact) mass is 430 g/mol. The van der Waals surface area contributed by atoms with Gasteiger partial charge in [-0.3, -0.25) is 0 Å². The van der Waals surface area contributed by atoms with Crippen LogP contribution in [0.5, 0.6) is 5.75 Å². The van der Waals surface area contributed by atoms with Crippen molar-refractivity contribution in [3.8, 4) is 5.75 Å². The second-order valence-electron chi connectivity index (χ2n) is 10.6. The number of nitrogens with zero attached hydrogens (tertiary/aromatic N) is 2. The van der Waals surface area contributed by atoms with Crippen molar-refractivity contribution in [1.29, 1.82) is 0 Å². The average molecular weight is 431 g/mol. The lowest BCUT2D eigenvalue weighted by molar-refractivity contribution is 0.00822. The summed E-state index contributed by atoms with van der Waals surface area (Å²) in [6, 6.07) is 14.2. The Morgan fingerprint density at radius 1 is 1.19 bits per heavy atom. The fraction of sp³-hybridized carbons (Fsp3) is 0.519. The van der Waals surface area contributed by atoms with E-state index >= 15 is 0 Å². The lowest BCUT2D eigenvalue weighted by Gasteiger charge is -2.55. The molecule has 168 valence electrons. The van der Waals surface area contributed by atoms with Crippen LogP contribution in [0.2, 0.25) is 0 Å². The van der Waals surface area contributed by atoms with Crippen molar-refractivity contribution in [1.82, 2.24) is 14.9 Å². The van der Waals surface area contributed by atoms with Crippen LogP contribution in [0.3, 0.4) is 0 Å². The number of ether oxygens (including phenoxy) is 1. The summed E-state index contributed by atoms with van der Waals surface area (Å²) < 4.78 is 8.53. The number of aromatic nitrogens is 2. The van der Waals surface area contributed by atoms with Crippen LogP contribution in [-0.4, -0.2) is 34.8 Å². The molecule has 2 aromatic carbocycles. The highest BCUT2D eigenvalue weighted by molar-refractivity contribution is 5.86. The molecule has 3 aliphatic rings. The number of fused-ring (bicyclic) bond motifs is 3. The first-order chi connectivity index (χ1) is 15.5. The average Bonchev–Trinajstić information content (AvgIpc) is 3.03. The molecule has 1 saturated carbocycles. The van der Waals surface area contributed by atoms with Gasteiger partial charge in [0.25, 0.3) is 0 Å². The van der Waals surface area contributed by atoms with Gasteiger partial charge >= 0.3 is 0 Å². The molecule has 1 saturated heterocycles. The molecule has 0 amide bonds. The number of imidazole rings is 1. The third-order valence-corrected chi connectivity index (χ3v) is 7.60. The number of anilines is 1. The molecule has 3 heterocycles. The summed E-state index contributed by atoms with van der Waals surface area (Å²) in [5.41, 5.74) is 7.00. The highest BCUT2D eigenvalue weighted by Crippen LogP contribution is 2.52. The van der Waals surface area contributed by atoms with Crippen LogP contribution in [-0.2, 0) is 12.8 Å². The molecule has 5 heteroatoms. The number of aryl methyl sites for hydroxylation is 1. The molecule has 6 rings (SSSR count). The van der Waals surface area contributed by atoms with E-state index in [4.69, 9.17) is 9.72 Å². The van der Waals surface area contributed by atoms with Gasteiger partial charge in [0.05, 0.1) is 17.1 Å². The van der Waals surface area contributed by atoms with Crippen molar-refractivity contribution in [2.45, 2.75) is 71.1 Å². The Hall–Kier alpha value is -2.53. The smallest absolute Gasteiger partial charge is 0.119 e. The van der Waals surface area contributed by atoms with Gasteiger partial charge in [0.1, 0.15) is 11.6 Å². The third kappa shape index (κ3) is 3.38. The molecule has 2 fully saturated rings. The summed E-state index contributed by atoms with van der Waals surface area (Å²) in [6.45, 7) is 8.77. The second-order valence-corrected chi connectivity index (χ2v) is 10.6. The van der Waals surface area contributed by atoms with Gasteiger partial charge in [-0.05, 0) is 81.7 Å². The lowest BCUT2D eigenvalue weighted by atomic mass is 9.61. The third-order valence-electron chi connectivity index (χ3n) is 7.60. The molecule has 2 N–H and O–H groups in total. The lowest BCUT2D eigenvalue weighted by Crippen LogP contribution is -2.60. The molecule has 5 nitrogen and oxygen atoms in total. The number of hydrogen-bond acceptors (Lipinski definition) is 4. The summed E-state index contributed by atoms with van der Waals surface area (Å²) in [5.74, 6) is 2.14. The summed E-state index contributed by atoms with van der Waals surface area (Å²) in [7, 11) is 0. The van der Waals surface area contributed by atoms with Crippen molar-refractivity contribution in [3.05, 3.63) is 53.3 Å². The van der Waals surface area contributed by atoms with Gasteiger partial charge in [0, 0.05) is 42.8 Å². The number of nitrogens with one attached hydrogen (secondary N) is 2. The van der Waals surface area contributed by atoms with Crippen LogP contribution in [0.25, 0.3) is 11.0 Å². The Bertz CT molecular complexity index is 1150. The molecule has 0 radical (unpaired) electrons. The highest BCUT2D eigenvalue weighted by atomic mass is 16.5. The fourth-order valence-electron chi connectivity index (χ4n) is 5.96. The molecular formula is C27H34N4O. The molecular weight excluding hydrogens is 396 g/mol. The first-order valence-corrected chi connectivity index (χ1v) is 12.3. The van der Waals surface area contributed by atoms with Gasteiger partial charge in [-0.1, -0.05) is 12.1 Å². The maximum atomic E-state index is 5.95. The maximum absolute atomic E-state index is 5.95. The Morgan fingerprint density at radius 3 is 2.78 bits per heavy atom. The minimum absolute atomic E-state index is 0.179. The van der Waals surface area contributed by atoms with Crippen molar-refractivity contribution >= 4 is 16.7 Å². The van der Waals surface area contributed by atoms with Crippen LogP contribution in [0.4, 0.5) is 5.69 Å². The second kappa shape index (κ2) is 7.51. The van der Waals surface area contributed by atoms with E-state index in [0.29, 0.717) is 17.5 Å². The SMILES string of the molecule is CC(C)Oc1cccc(Cc2nc3c4c(ccc3n2C2CC3(CNC3)C2)N[C@@H](C)CC4)c1. The number of benzene rings is 2. The van der Waals surface area contributed by atoms with Gasteiger partial charge in [-0.2, -0.15) is 0 Å². The summed E-state index contributed by atoms with van der Waals surface area (Å²) in [6.07, 6.45) is 5.82. The van der Waals surface area contributed by atoms with E-state index in [1.54, 1.807) is 0 Å². The molecule has 1 aromatic heterocycles. The van der Waals surface area contributed by atoms with Gasteiger partial charge < -0.3 is 19.9 Å². The largest absolute Gasteiger partial charge is 0.491 e. The molecule has 1 aliphatic carbocycles. The zero-order valence-electron chi connectivity index (χ0n) is 19.4. The zero-order chi connectivity index (χ0) is 21.9. The Kier molecular flexibility index (Phi) is 4.72. The predicted molar refractivity (Wildman–Crippen MR) is 130 cm³/mol. The minimum Gasteiger partial charge on any atom is -0.491 e. The van der Waals surface area contributed by atoms with E-state index in [1.165, 1.54) is 66.0 Å². The van der Waals surface area contributed by atoms with Gasteiger partial charge in [-0.25, -0.2) is 4.98 Å². The molecule has 3 aromatic rings. The van der Waals surface area contributed by atoms with E-state index in [1.807, 2.05) is 0 Å². The van der Waals surface area contributed by atoms with E-state index in [2.05, 4.69) is 72.4 Å². The van der Waals surface area contributed by atoms with Gasteiger partial charge in [-0.15, -0.1) is 0 Å². The first-order valence-electron chi connectivity index (χ1n) is 12.3. The van der Waals surface area contributed by atoms with Crippen LogP contribution in [0, 0.1) is 5.41 Å². The Morgan fingerprint density at radius 2 is 2.03 bits per heavy atom. The molecule has 1 atom stereocenters. The quantitative estimate of drug-likeness (QED) is 0.592. The molecule has 0 unspecified atom stereocenters. The molecule has 32 heavy (non-hydrogen) atoms. The van der Waals surface area contributed by atoms with Crippen molar-refractivity contribution in [3.63, 3.8) is 0 Å². The Balaban J connectivity index is 1.40. The van der Waals surface area contributed by atoms with Gasteiger partial charge in [0.15, 0.2) is 0 Å². The Labute approximate surface area is 190 Å². The van der Waals surface area contributed by atoms with Crippen molar-refractivity contribution in [2.75, 3.05) is 18.4 Å². The highest BCUT2D eigenvalue weighted by Gasteiger charge is 2.49. The minimum atomic E-state index is 0.179. The molecule has 1 spiro atoms. The van der Waals surface area contributed by atoms with Crippen LogP contribution in [0.1, 0.15) is 63.0 Å². The molecule has 0 bridgehead atoms. The van der Waals surface area contributed by atoms with Gasteiger partial charge in [0.2, 0.25) is 0 Å². The van der Waals surface area contributed by atoms with Crippen LogP contribution in [0.15, 0.2) is 36.4 Å². The van der Waals surface area contributed by atoms with Crippen molar-refractivity contribution in [2.24, 2.45) is 5.41 Å². The summed E-state index contributed by atoms with van der Waals surface area (Å²) in [5, 5.41) is 7.15. The molecule has 2 aliphatic heterocycles. The number of rotatable bonds is 5. The zero-order valence-corrected chi connectivity index (χ0v) is 19.4. The summed E-state index contributed by atoms with van der Waals surface area (Å²) in [4.78, 5) is 5.30. The van der Waals surface area contributed by atoms with E-state index in [9.17, 15) is 0 Å². The maximum Gasteiger partial charge on any atom is 0.119 e. The van der Waals surface area contributed by atoms with E-state index in [0.717, 1.165) is 18.6 Å². The topological polar surface area (TPSA) is 51.1 Å². The van der Waals surface area contributed by atoms with E-state index < -0.39 is 0 Å². The fourth-order valence-corrected chi connectivity index (χ4v) is 5.96. The standard InChI is InChI=1S/C27H34N4O/c1-17(2)32-21-6-4-5-19(11-21)12-25-30-26-22-8-7-18(3)29-23(22)9-10-24(26)31(25)20-13-27(14-20)15-28-16-27/h4-6,9-11,17-18,20,28-29H,7-8,12-16H2,1-3H3/t18-/m0/s1. The van der Waals surface area contributed by atoms with Crippen molar-refractivity contribution < 1.29 is 4.74 Å². The predicted octanol–water partition coefficient (Wildman–Crippen LogP) is 5.09. The van der Waals surface area contributed by atoms with Crippen LogP contribution < -0.4 is 15.4 Å².